The lowest BCUT2D eigenvalue weighted by Gasteiger charge is -2.36. The zero-order chi connectivity index (χ0) is 11.4. The van der Waals surface area contributed by atoms with Crippen LogP contribution in [0.3, 0.4) is 0 Å². The number of rotatable bonds is 3. The molecule has 0 aromatic rings. The van der Waals surface area contributed by atoms with Gasteiger partial charge in [-0.15, -0.1) is 0 Å². The van der Waals surface area contributed by atoms with Crippen molar-refractivity contribution in [2.45, 2.75) is 51.2 Å². The molecule has 2 unspecified atom stereocenters. The van der Waals surface area contributed by atoms with Gasteiger partial charge in [-0.3, -0.25) is 0 Å². The molecule has 2 fully saturated rings. The van der Waals surface area contributed by atoms with Gasteiger partial charge in [-0.1, -0.05) is 26.2 Å². The van der Waals surface area contributed by atoms with Gasteiger partial charge in [-0.25, -0.2) is 0 Å². The van der Waals surface area contributed by atoms with Gasteiger partial charge in [0.2, 0.25) is 0 Å². The fraction of sp³-hybridized carbons (Fsp3) is 1.00. The van der Waals surface area contributed by atoms with E-state index in [0.717, 1.165) is 24.0 Å². The number of hydrogen-bond donors (Lipinski definition) is 1. The molecule has 2 aliphatic rings. The van der Waals surface area contributed by atoms with Crippen LogP contribution in [-0.2, 0) is 4.74 Å². The van der Waals surface area contributed by atoms with Crippen molar-refractivity contribution in [1.29, 1.82) is 0 Å². The second kappa shape index (κ2) is 6.27. The fourth-order valence-electron chi connectivity index (χ4n) is 3.01. The smallest absolute Gasteiger partial charge is 0.0819 e. The van der Waals surface area contributed by atoms with E-state index in [1.54, 1.807) is 0 Å². The lowest BCUT2D eigenvalue weighted by Crippen LogP contribution is -2.47. The van der Waals surface area contributed by atoms with E-state index in [-0.39, 0.29) is 6.04 Å². The van der Waals surface area contributed by atoms with Crippen LogP contribution in [0, 0.1) is 11.8 Å². The molecule has 16 heavy (non-hydrogen) atoms. The standard InChI is InChI=1S/C13H25NOS/c1-2-10-3-5-11(6-4-10)13(14)12-9-16-8-7-15-12/h10-13H,2-9,14H2,1H3. The molecule has 2 nitrogen and oxygen atoms in total. The quantitative estimate of drug-likeness (QED) is 0.827. The number of thioether (sulfide) groups is 1. The van der Waals surface area contributed by atoms with E-state index in [1.165, 1.54) is 32.1 Å². The Morgan fingerprint density at radius 2 is 2.06 bits per heavy atom. The molecule has 0 bridgehead atoms. The summed E-state index contributed by atoms with van der Waals surface area (Å²) in [5.74, 6) is 3.93. The normalized spacial score (nSPS) is 38.2. The summed E-state index contributed by atoms with van der Waals surface area (Å²) in [6.45, 7) is 3.21. The molecule has 0 aromatic carbocycles. The summed E-state index contributed by atoms with van der Waals surface area (Å²) >= 11 is 2.00. The molecular weight excluding hydrogens is 218 g/mol. The molecule has 1 aliphatic carbocycles. The molecule has 2 rings (SSSR count). The summed E-state index contributed by atoms with van der Waals surface area (Å²) in [5.41, 5.74) is 6.37. The van der Waals surface area contributed by atoms with E-state index >= 15 is 0 Å². The fourth-order valence-corrected chi connectivity index (χ4v) is 3.94. The van der Waals surface area contributed by atoms with Crippen LogP contribution in [0.25, 0.3) is 0 Å². The molecule has 3 heteroatoms. The minimum atomic E-state index is 0.283. The zero-order valence-corrected chi connectivity index (χ0v) is 11.2. The Morgan fingerprint density at radius 3 is 2.62 bits per heavy atom. The molecule has 0 aromatic heterocycles. The SMILES string of the molecule is CCC1CCC(C(N)C2CSCCO2)CC1. The predicted molar refractivity (Wildman–Crippen MR) is 70.8 cm³/mol. The minimum absolute atomic E-state index is 0.283. The third-order valence-electron chi connectivity index (χ3n) is 4.28. The van der Waals surface area contributed by atoms with Gasteiger partial charge in [0, 0.05) is 17.5 Å². The Balaban J connectivity index is 1.78. The molecule has 1 aliphatic heterocycles. The first-order valence-corrected chi connectivity index (χ1v) is 7.91. The Labute approximate surface area is 104 Å². The minimum Gasteiger partial charge on any atom is -0.375 e. The molecule has 1 saturated heterocycles. The van der Waals surface area contributed by atoms with Gasteiger partial charge in [0.25, 0.3) is 0 Å². The second-order valence-electron chi connectivity index (χ2n) is 5.25. The van der Waals surface area contributed by atoms with E-state index in [1.807, 2.05) is 11.8 Å². The zero-order valence-electron chi connectivity index (χ0n) is 10.4. The lowest BCUT2D eigenvalue weighted by molar-refractivity contribution is 0.0330. The molecular formula is C13H25NOS. The van der Waals surface area contributed by atoms with E-state index in [9.17, 15) is 0 Å². The van der Waals surface area contributed by atoms with Crippen molar-refractivity contribution in [3.8, 4) is 0 Å². The summed E-state index contributed by atoms with van der Waals surface area (Å²) < 4.78 is 5.80. The topological polar surface area (TPSA) is 35.2 Å². The van der Waals surface area contributed by atoms with Crippen molar-refractivity contribution in [1.82, 2.24) is 0 Å². The maximum atomic E-state index is 6.37. The van der Waals surface area contributed by atoms with Crippen molar-refractivity contribution in [2.24, 2.45) is 17.6 Å². The van der Waals surface area contributed by atoms with Crippen molar-refractivity contribution in [3.05, 3.63) is 0 Å². The van der Waals surface area contributed by atoms with Gasteiger partial charge in [0.15, 0.2) is 0 Å². The molecule has 94 valence electrons. The molecule has 1 heterocycles. The highest BCUT2D eigenvalue weighted by molar-refractivity contribution is 7.99. The Bertz CT molecular complexity index is 198. The largest absolute Gasteiger partial charge is 0.375 e. The first kappa shape index (κ1) is 12.7. The maximum absolute atomic E-state index is 6.37. The summed E-state index contributed by atoms with van der Waals surface area (Å²) in [5, 5.41) is 0. The molecule has 0 spiro atoms. The number of ether oxygens (including phenoxy) is 1. The Morgan fingerprint density at radius 1 is 1.31 bits per heavy atom. The van der Waals surface area contributed by atoms with Gasteiger partial charge >= 0.3 is 0 Å². The van der Waals surface area contributed by atoms with Gasteiger partial charge in [0.1, 0.15) is 0 Å². The third kappa shape index (κ3) is 3.14. The maximum Gasteiger partial charge on any atom is 0.0819 e. The Hall–Kier alpha value is 0.270. The van der Waals surface area contributed by atoms with Crippen LogP contribution < -0.4 is 5.73 Å². The van der Waals surface area contributed by atoms with E-state index in [0.29, 0.717) is 12.0 Å². The van der Waals surface area contributed by atoms with Crippen LogP contribution in [0.4, 0.5) is 0 Å². The van der Waals surface area contributed by atoms with Crippen LogP contribution in [0.15, 0.2) is 0 Å². The van der Waals surface area contributed by atoms with E-state index in [4.69, 9.17) is 10.5 Å². The lowest BCUT2D eigenvalue weighted by atomic mass is 9.77. The highest BCUT2D eigenvalue weighted by Gasteiger charge is 2.31. The predicted octanol–water partition coefficient (Wildman–Crippen LogP) is 2.66. The van der Waals surface area contributed by atoms with Gasteiger partial charge < -0.3 is 10.5 Å². The average molecular weight is 243 g/mol. The van der Waals surface area contributed by atoms with E-state index < -0.39 is 0 Å². The van der Waals surface area contributed by atoms with Gasteiger partial charge in [-0.05, 0) is 24.7 Å². The average Bonchev–Trinajstić information content (AvgIpc) is 2.39. The molecule has 1 saturated carbocycles. The summed E-state index contributed by atoms with van der Waals surface area (Å²) in [7, 11) is 0. The van der Waals surface area contributed by atoms with Crippen LogP contribution in [0.1, 0.15) is 39.0 Å². The summed E-state index contributed by atoms with van der Waals surface area (Å²) in [6.07, 6.45) is 7.08. The summed E-state index contributed by atoms with van der Waals surface area (Å²) in [4.78, 5) is 0. The first-order chi connectivity index (χ1) is 7.81. The molecule has 2 N–H and O–H groups in total. The molecule has 0 amide bonds. The summed E-state index contributed by atoms with van der Waals surface area (Å²) in [6, 6.07) is 0.283. The van der Waals surface area contributed by atoms with Crippen molar-refractivity contribution in [3.63, 3.8) is 0 Å². The van der Waals surface area contributed by atoms with Crippen LogP contribution >= 0.6 is 11.8 Å². The van der Waals surface area contributed by atoms with Crippen LogP contribution in [0.2, 0.25) is 0 Å². The number of nitrogens with two attached hydrogens (primary N) is 1. The third-order valence-corrected chi connectivity index (χ3v) is 5.30. The second-order valence-corrected chi connectivity index (χ2v) is 6.40. The highest BCUT2D eigenvalue weighted by Crippen LogP contribution is 2.34. The van der Waals surface area contributed by atoms with Gasteiger partial charge in [-0.2, -0.15) is 11.8 Å². The van der Waals surface area contributed by atoms with Gasteiger partial charge in [0.05, 0.1) is 12.7 Å². The van der Waals surface area contributed by atoms with E-state index in [2.05, 4.69) is 6.92 Å². The van der Waals surface area contributed by atoms with Crippen molar-refractivity contribution >= 4 is 11.8 Å². The van der Waals surface area contributed by atoms with Crippen LogP contribution in [-0.4, -0.2) is 30.3 Å². The number of hydrogen-bond acceptors (Lipinski definition) is 3. The van der Waals surface area contributed by atoms with Crippen molar-refractivity contribution in [2.75, 3.05) is 18.1 Å². The first-order valence-electron chi connectivity index (χ1n) is 6.76. The van der Waals surface area contributed by atoms with Crippen molar-refractivity contribution < 1.29 is 4.74 Å². The molecule has 2 atom stereocenters. The Kier molecular flexibility index (Phi) is 4.98. The molecule has 0 radical (unpaired) electrons. The van der Waals surface area contributed by atoms with Crippen LogP contribution in [0.5, 0.6) is 0 Å². The monoisotopic (exact) mass is 243 g/mol. The highest BCUT2D eigenvalue weighted by atomic mass is 32.2.